The molecule has 0 saturated carbocycles. The normalized spacial score (nSPS) is 12.1. The number of pyridine rings is 1. The quantitative estimate of drug-likeness (QED) is 0.768. The Labute approximate surface area is 94.5 Å². The molecule has 0 spiro atoms. The molecule has 0 saturated heterocycles. The minimum Gasteiger partial charge on any atom is -0.478 e. The Morgan fingerprint density at radius 2 is 2.44 bits per heavy atom. The molecule has 0 bridgehead atoms. The average molecular weight is 224 g/mol. The summed E-state index contributed by atoms with van der Waals surface area (Å²) in [4.78, 5) is 14.9. The summed E-state index contributed by atoms with van der Waals surface area (Å²) < 4.78 is 4.95. The van der Waals surface area contributed by atoms with E-state index in [1.165, 1.54) is 6.07 Å². The summed E-state index contributed by atoms with van der Waals surface area (Å²) in [5.74, 6) is -0.576. The molecule has 0 fully saturated rings. The summed E-state index contributed by atoms with van der Waals surface area (Å²) in [7, 11) is 1.64. The van der Waals surface area contributed by atoms with Gasteiger partial charge >= 0.3 is 5.97 Å². The van der Waals surface area contributed by atoms with E-state index >= 15 is 0 Å². The highest BCUT2D eigenvalue weighted by molar-refractivity contribution is 5.93. The number of carbonyl (C=O) groups is 1. The van der Waals surface area contributed by atoms with Crippen molar-refractivity contribution in [3.8, 4) is 0 Å². The highest BCUT2D eigenvalue weighted by Gasteiger charge is 2.12. The molecule has 5 nitrogen and oxygen atoms in total. The van der Waals surface area contributed by atoms with Crippen molar-refractivity contribution in [1.29, 1.82) is 0 Å². The molecular weight excluding hydrogens is 208 g/mol. The molecule has 0 aliphatic heterocycles. The Balaban J connectivity index is 2.69. The molecule has 0 aliphatic rings. The number of aromatic nitrogens is 1. The smallest absolute Gasteiger partial charge is 0.339 e. The van der Waals surface area contributed by atoms with E-state index in [1.807, 2.05) is 6.92 Å². The minimum atomic E-state index is -0.977. The Hall–Kier alpha value is -1.62. The van der Waals surface area contributed by atoms with Crippen LogP contribution in [0, 0.1) is 0 Å². The summed E-state index contributed by atoms with van der Waals surface area (Å²) in [6, 6.07) is 3.25. The summed E-state index contributed by atoms with van der Waals surface area (Å²) in [5, 5.41) is 12.0. The molecule has 1 unspecified atom stereocenters. The lowest BCUT2D eigenvalue weighted by Crippen LogP contribution is -2.20. The van der Waals surface area contributed by atoms with Gasteiger partial charge in [0.2, 0.25) is 0 Å². The van der Waals surface area contributed by atoms with Crippen LogP contribution in [-0.4, -0.2) is 35.8 Å². The number of anilines is 1. The van der Waals surface area contributed by atoms with Crippen LogP contribution < -0.4 is 5.32 Å². The van der Waals surface area contributed by atoms with Gasteiger partial charge in [-0.25, -0.2) is 9.78 Å². The van der Waals surface area contributed by atoms with Crippen LogP contribution in [0.1, 0.15) is 23.7 Å². The van der Waals surface area contributed by atoms with Gasteiger partial charge in [0.05, 0.1) is 0 Å². The second kappa shape index (κ2) is 6.07. The zero-order valence-electron chi connectivity index (χ0n) is 9.43. The third-order valence-electron chi connectivity index (χ3n) is 2.18. The maximum Gasteiger partial charge on any atom is 0.339 e. The van der Waals surface area contributed by atoms with Crippen molar-refractivity contribution in [2.24, 2.45) is 0 Å². The minimum absolute atomic E-state index is 0.118. The molecule has 1 heterocycles. The number of ether oxygens (including phenoxy) is 1. The standard InChI is InChI=1S/C11H16N2O3/c1-8(5-7-16-2)13-10-9(11(14)15)4-3-6-12-10/h3-4,6,8H,5,7H2,1-2H3,(H,12,13)(H,14,15). The number of carboxylic acids is 1. The molecule has 0 aromatic carbocycles. The van der Waals surface area contributed by atoms with Crippen molar-refractivity contribution in [2.75, 3.05) is 19.0 Å². The number of carboxylic acid groups (broad SMARTS) is 1. The van der Waals surface area contributed by atoms with E-state index in [2.05, 4.69) is 10.3 Å². The van der Waals surface area contributed by atoms with E-state index in [4.69, 9.17) is 9.84 Å². The summed E-state index contributed by atoms with van der Waals surface area (Å²) in [6.07, 6.45) is 2.37. The van der Waals surface area contributed by atoms with E-state index < -0.39 is 5.97 Å². The number of hydrogen-bond donors (Lipinski definition) is 2. The molecule has 2 N–H and O–H groups in total. The molecular formula is C11H16N2O3. The lowest BCUT2D eigenvalue weighted by Gasteiger charge is -2.15. The lowest BCUT2D eigenvalue weighted by atomic mass is 10.2. The van der Waals surface area contributed by atoms with Crippen LogP contribution in [0.4, 0.5) is 5.82 Å². The Morgan fingerprint density at radius 3 is 3.06 bits per heavy atom. The number of nitrogens with one attached hydrogen (secondary N) is 1. The van der Waals surface area contributed by atoms with Gasteiger partial charge in [-0.3, -0.25) is 0 Å². The van der Waals surface area contributed by atoms with Crippen molar-refractivity contribution < 1.29 is 14.6 Å². The first-order chi connectivity index (χ1) is 7.65. The van der Waals surface area contributed by atoms with Crippen LogP contribution in [0.3, 0.4) is 0 Å². The van der Waals surface area contributed by atoms with E-state index in [-0.39, 0.29) is 11.6 Å². The van der Waals surface area contributed by atoms with Crippen LogP contribution >= 0.6 is 0 Å². The number of nitrogens with zero attached hydrogens (tertiary/aromatic N) is 1. The fraction of sp³-hybridized carbons (Fsp3) is 0.455. The maximum atomic E-state index is 10.9. The second-order valence-electron chi connectivity index (χ2n) is 3.53. The van der Waals surface area contributed by atoms with Gasteiger partial charge in [0.25, 0.3) is 0 Å². The molecule has 88 valence electrons. The molecule has 1 rings (SSSR count). The van der Waals surface area contributed by atoms with Gasteiger partial charge in [-0.15, -0.1) is 0 Å². The molecule has 5 heteroatoms. The summed E-state index contributed by atoms with van der Waals surface area (Å²) in [5.41, 5.74) is 0.187. The first-order valence-corrected chi connectivity index (χ1v) is 5.09. The highest BCUT2D eigenvalue weighted by Crippen LogP contribution is 2.13. The van der Waals surface area contributed by atoms with Crippen molar-refractivity contribution in [3.05, 3.63) is 23.9 Å². The molecule has 0 aliphatic carbocycles. The monoisotopic (exact) mass is 224 g/mol. The van der Waals surface area contributed by atoms with Crippen molar-refractivity contribution >= 4 is 11.8 Å². The van der Waals surface area contributed by atoms with E-state index in [0.717, 1.165) is 6.42 Å². The Bertz CT molecular complexity index is 355. The van der Waals surface area contributed by atoms with Crippen molar-refractivity contribution in [3.63, 3.8) is 0 Å². The summed E-state index contributed by atoms with van der Waals surface area (Å²) in [6.45, 7) is 2.59. The number of rotatable bonds is 6. The van der Waals surface area contributed by atoms with Crippen LogP contribution in [0.25, 0.3) is 0 Å². The van der Waals surface area contributed by atoms with Crippen LogP contribution in [-0.2, 0) is 4.74 Å². The van der Waals surface area contributed by atoms with Crippen LogP contribution in [0.2, 0.25) is 0 Å². The van der Waals surface area contributed by atoms with E-state index in [1.54, 1.807) is 19.4 Å². The van der Waals surface area contributed by atoms with Crippen LogP contribution in [0.5, 0.6) is 0 Å². The number of hydrogen-bond acceptors (Lipinski definition) is 4. The maximum absolute atomic E-state index is 10.9. The molecule has 0 amide bonds. The lowest BCUT2D eigenvalue weighted by molar-refractivity contribution is 0.0697. The first-order valence-electron chi connectivity index (χ1n) is 5.09. The fourth-order valence-corrected chi connectivity index (χ4v) is 1.29. The van der Waals surface area contributed by atoms with Gasteiger partial charge in [0, 0.05) is 26.0 Å². The topological polar surface area (TPSA) is 71.5 Å². The molecule has 16 heavy (non-hydrogen) atoms. The number of methoxy groups -OCH3 is 1. The number of aromatic carboxylic acids is 1. The first kappa shape index (κ1) is 12.4. The van der Waals surface area contributed by atoms with Crippen molar-refractivity contribution in [1.82, 2.24) is 4.98 Å². The van der Waals surface area contributed by atoms with Crippen LogP contribution in [0.15, 0.2) is 18.3 Å². The van der Waals surface area contributed by atoms with Gasteiger partial charge in [-0.2, -0.15) is 0 Å². The Kier molecular flexibility index (Phi) is 4.72. The zero-order chi connectivity index (χ0) is 12.0. The third-order valence-corrected chi connectivity index (χ3v) is 2.18. The highest BCUT2D eigenvalue weighted by atomic mass is 16.5. The van der Waals surface area contributed by atoms with E-state index in [9.17, 15) is 4.79 Å². The van der Waals surface area contributed by atoms with Gasteiger partial charge < -0.3 is 15.2 Å². The van der Waals surface area contributed by atoms with Gasteiger partial charge in [0.1, 0.15) is 11.4 Å². The second-order valence-corrected chi connectivity index (χ2v) is 3.53. The van der Waals surface area contributed by atoms with E-state index in [0.29, 0.717) is 12.4 Å². The zero-order valence-corrected chi connectivity index (χ0v) is 9.43. The largest absolute Gasteiger partial charge is 0.478 e. The predicted molar refractivity (Wildman–Crippen MR) is 60.8 cm³/mol. The summed E-state index contributed by atoms with van der Waals surface area (Å²) >= 11 is 0. The van der Waals surface area contributed by atoms with Crippen molar-refractivity contribution in [2.45, 2.75) is 19.4 Å². The SMILES string of the molecule is COCCC(C)Nc1ncccc1C(=O)O. The van der Waals surface area contributed by atoms with Gasteiger partial charge in [0.15, 0.2) is 0 Å². The third kappa shape index (κ3) is 3.51. The predicted octanol–water partition coefficient (Wildman–Crippen LogP) is 1.62. The Morgan fingerprint density at radius 1 is 1.69 bits per heavy atom. The van der Waals surface area contributed by atoms with Gasteiger partial charge in [-0.1, -0.05) is 0 Å². The fourth-order valence-electron chi connectivity index (χ4n) is 1.29. The molecule has 1 aromatic rings. The average Bonchev–Trinajstić information content (AvgIpc) is 2.27. The molecule has 1 aromatic heterocycles. The molecule has 1 atom stereocenters. The molecule has 0 radical (unpaired) electrons. The van der Waals surface area contributed by atoms with Gasteiger partial charge in [-0.05, 0) is 25.5 Å².